The molecule has 4 rings (SSSR count). The second kappa shape index (κ2) is 7.64. The molecule has 1 aliphatic heterocycles. The van der Waals surface area contributed by atoms with Crippen LogP contribution in [0.2, 0.25) is 0 Å². The summed E-state index contributed by atoms with van der Waals surface area (Å²) < 4.78 is 2.09. The first-order chi connectivity index (χ1) is 12.7. The Balaban J connectivity index is 1.41. The van der Waals surface area contributed by atoms with Gasteiger partial charge in [-0.1, -0.05) is 25.3 Å². The van der Waals surface area contributed by atoms with Crippen molar-refractivity contribution in [1.29, 1.82) is 0 Å². The van der Waals surface area contributed by atoms with Crippen LogP contribution in [0.25, 0.3) is 5.65 Å². The standard InChI is InChI=1S/C20H29N5O/c1-15-7-5-11-18-22-23-20(25(15)18)24-12-6-10-17(14-24)19(26)21-13-16-8-3-2-4-9-16/h5,7,11,16-17H,2-4,6,8-10,12-14H2,1H3,(H,21,26)/t17-/m0/s1. The van der Waals surface area contributed by atoms with Gasteiger partial charge in [-0.15, -0.1) is 10.2 Å². The molecular formula is C20H29N5O. The summed E-state index contributed by atoms with van der Waals surface area (Å²) in [7, 11) is 0. The van der Waals surface area contributed by atoms with E-state index in [-0.39, 0.29) is 11.8 Å². The zero-order valence-electron chi connectivity index (χ0n) is 15.7. The average molecular weight is 355 g/mol. The van der Waals surface area contributed by atoms with E-state index in [0.717, 1.165) is 49.8 Å². The molecule has 1 aliphatic carbocycles. The molecule has 140 valence electrons. The van der Waals surface area contributed by atoms with Crippen molar-refractivity contribution in [2.24, 2.45) is 11.8 Å². The normalized spacial score (nSPS) is 21.9. The van der Waals surface area contributed by atoms with Crippen molar-refractivity contribution in [2.45, 2.75) is 51.9 Å². The van der Waals surface area contributed by atoms with E-state index in [0.29, 0.717) is 5.92 Å². The molecule has 1 saturated heterocycles. The number of anilines is 1. The summed E-state index contributed by atoms with van der Waals surface area (Å²) in [5.41, 5.74) is 1.98. The maximum atomic E-state index is 12.7. The van der Waals surface area contributed by atoms with Crippen LogP contribution in [0.15, 0.2) is 18.2 Å². The van der Waals surface area contributed by atoms with Gasteiger partial charge in [-0.25, -0.2) is 0 Å². The first-order valence-corrected chi connectivity index (χ1v) is 10.1. The molecule has 0 aromatic carbocycles. The molecule has 0 spiro atoms. The van der Waals surface area contributed by atoms with Crippen molar-refractivity contribution in [3.8, 4) is 0 Å². The van der Waals surface area contributed by atoms with Gasteiger partial charge in [0, 0.05) is 25.3 Å². The van der Waals surface area contributed by atoms with Gasteiger partial charge in [-0.3, -0.25) is 9.20 Å². The quantitative estimate of drug-likeness (QED) is 0.916. The van der Waals surface area contributed by atoms with Crippen LogP contribution >= 0.6 is 0 Å². The number of hydrogen-bond acceptors (Lipinski definition) is 4. The molecule has 1 atom stereocenters. The van der Waals surface area contributed by atoms with Crippen LogP contribution in [0.3, 0.4) is 0 Å². The van der Waals surface area contributed by atoms with Crippen LogP contribution < -0.4 is 10.2 Å². The van der Waals surface area contributed by atoms with Crippen molar-refractivity contribution in [2.75, 3.05) is 24.5 Å². The van der Waals surface area contributed by atoms with E-state index < -0.39 is 0 Å². The number of carbonyl (C=O) groups excluding carboxylic acids is 1. The van der Waals surface area contributed by atoms with E-state index in [2.05, 4.69) is 37.8 Å². The molecule has 0 radical (unpaired) electrons. The first kappa shape index (κ1) is 17.3. The van der Waals surface area contributed by atoms with Crippen molar-refractivity contribution >= 4 is 17.5 Å². The van der Waals surface area contributed by atoms with E-state index in [1.54, 1.807) is 0 Å². The predicted octanol–water partition coefficient (Wildman–Crippen LogP) is 2.95. The van der Waals surface area contributed by atoms with Crippen molar-refractivity contribution < 1.29 is 4.79 Å². The third-order valence-electron chi connectivity index (χ3n) is 5.97. The molecule has 2 aromatic rings. The van der Waals surface area contributed by atoms with E-state index >= 15 is 0 Å². The van der Waals surface area contributed by atoms with Gasteiger partial charge < -0.3 is 10.2 Å². The average Bonchev–Trinajstić information content (AvgIpc) is 3.13. The number of piperidine rings is 1. The molecule has 26 heavy (non-hydrogen) atoms. The molecule has 2 aromatic heterocycles. The Kier molecular flexibility index (Phi) is 5.09. The van der Waals surface area contributed by atoms with Crippen LogP contribution in [-0.4, -0.2) is 40.1 Å². The monoisotopic (exact) mass is 355 g/mol. The summed E-state index contributed by atoms with van der Waals surface area (Å²) in [6.07, 6.45) is 8.50. The lowest BCUT2D eigenvalue weighted by Crippen LogP contribution is -2.44. The Bertz CT molecular complexity index is 765. The van der Waals surface area contributed by atoms with Gasteiger partial charge in [0.25, 0.3) is 0 Å². The van der Waals surface area contributed by atoms with Crippen molar-refractivity contribution in [3.63, 3.8) is 0 Å². The Morgan fingerprint density at radius 1 is 1.15 bits per heavy atom. The van der Waals surface area contributed by atoms with Crippen LogP contribution in [0.4, 0.5) is 5.95 Å². The van der Waals surface area contributed by atoms with Gasteiger partial charge in [0.2, 0.25) is 11.9 Å². The van der Waals surface area contributed by atoms with Gasteiger partial charge >= 0.3 is 0 Å². The third kappa shape index (κ3) is 3.55. The summed E-state index contributed by atoms with van der Waals surface area (Å²) in [6, 6.07) is 6.04. The number of nitrogens with zero attached hydrogens (tertiary/aromatic N) is 4. The molecule has 1 saturated carbocycles. The molecule has 1 amide bonds. The second-order valence-corrected chi connectivity index (χ2v) is 7.90. The summed E-state index contributed by atoms with van der Waals surface area (Å²) in [4.78, 5) is 14.9. The summed E-state index contributed by atoms with van der Waals surface area (Å²) in [5.74, 6) is 1.80. The van der Waals surface area contributed by atoms with Crippen LogP contribution in [0.5, 0.6) is 0 Å². The maximum absolute atomic E-state index is 12.7. The summed E-state index contributed by atoms with van der Waals surface area (Å²) in [5, 5.41) is 11.9. The van der Waals surface area contributed by atoms with Crippen LogP contribution in [0.1, 0.15) is 50.6 Å². The fourth-order valence-corrected chi connectivity index (χ4v) is 4.44. The highest BCUT2D eigenvalue weighted by Crippen LogP contribution is 2.25. The molecule has 2 fully saturated rings. The maximum Gasteiger partial charge on any atom is 0.231 e. The SMILES string of the molecule is Cc1cccc2nnc(N3CCC[C@H](C(=O)NCC4CCCCC4)C3)n12. The van der Waals surface area contributed by atoms with Crippen LogP contribution in [0, 0.1) is 18.8 Å². The van der Waals surface area contributed by atoms with Crippen LogP contribution in [-0.2, 0) is 4.79 Å². The van der Waals surface area contributed by atoms with Gasteiger partial charge in [0.15, 0.2) is 5.65 Å². The molecule has 6 heteroatoms. The van der Waals surface area contributed by atoms with E-state index in [9.17, 15) is 4.79 Å². The summed E-state index contributed by atoms with van der Waals surface area (Å²) >= 11 is 0. The van der Waals surface area contributed by atoms with Gasteiger partial charge in [-0.2, -0.15) is 0 Å². The lowest BCUT2D eigenvalue weighted by molar-refractivity contribution is -0.125. The number of rotatable bonds is 4. The highest BCUT2D eigenvalue weighted by molar-refractivity contribution is 5.79. The molecule has 6 nitrogen and oxygen atoms in total. The van der Waals surface area contributed by atoms with Gasteiger partial charge in [0.1, 0.15) is 0 Å². The topological polar surface area (TPSA) is 62.5 Å². The molecule has 2 aliphatic rings. The molecule has 1 N–H and O–H groups in total. The number of amides is 1. The number of fused-ring (bicyclic) bond motifs is 1. The number of pyridine rings is 1. The fourth-order valence-electron chi connectivity index (χ4n) is 4.44. The highest BCUT2D eigenvalue weighted by Gasteiger charge is 2.28. The minimum absolute atomic E-state index is 0.0451. The number of hydrogen-bond donors (Lipinski definition) is 1. The number of aromatic nitrogens is 3. The van der Waals surface area contributed by atoms with E-state index in [1.165, 1.54) is 32.1 Å². The van der Waals surface area contributed by atoms with Gasteiger partial charge in [-0.05, 0) is 50.7 Å². The molecular weight excluding hydrogens is 326 g/mol. The molecule has 3 heterocycles. The Morgan fingerprint density at radius 3 is 2.85 bits per heavy atom. The number of carbonyl (C=O) groups is 1. The largest absolute Gasteiger partial charge is 0.356 e. The van der Waals surface area contributed by atoms with Gasteiger partial charge in [0.05, 0.1) is 5.92 Å². The number of nitrogens with one attached hydrogen (secondary N) is 1. The predicted molar refractivity (Wildman–Crippen MR) is 102 cm³/mol. The molecule has 0 unspecified atom stereocenters. The number of aryl methyl sites for hydroxylation is 1. The fraction of sp³-hybridized carbons (Fsp3) is 0.650. The Labute approximate surface area is 155 Å². The Hall–Kier alpha value is -2.11. The zero-order chi connectivity index (χ0) is 17.9. The molecule has 0 bridgehead atoms. The van der Waals surface area contributed by atoms with E-state index in [1.807, 2.05) is 12.1 Å². The third-order valence-corrected chi connectivity index (χ3v) is 5.97. The lowest BCUT2D eigenvalue weighted by Gasteiger charge is -2.32. The first-order valence-electron chi connectivity index (χ1n) is 10.1. The highest BCUT2D eigenvalue weighted by atomic mass is 16.1. The van der Waals surface area contributed by atoms with E-state index in [4.69, 9.17) is 0 Å². The summed E-state index contributed by atoms with van der Waals surface area (Å²) in [6.45, 7) is 4.58. The van der Waals surface area contributed by atoms with Crippen molar-refractivity contribution in [1.82, 2.24) is 19.9 Å². The second-order valence-electron chi connectivity index (χ2n) is 7.90. The minimum Gasteiger partial charge on any atom is -0.356 e. The lowest BCUT2D eigenvalue weighted by atomic mass is 9.89. The smallest absolute Gasteiger partial charge is 0.231 e. The minimum atomic E-state index is 0.0451. The van der Waals surface area contributed by atoms with Crippen molar-refractivity contribution in [3.05, 3.63) is 23.9 Å². The zero-order valence-corrected chi connectivity index (χ0v) is 15.7. The Morgan fingerprint density at radius 2 is 2.00 bits per heavy atom.